The monoisotopic (exact) mass is 622 g/mol. The van der Waals surface area contributed by atoms with E-state index in [4.69, 9.17) is 21.3 Å². The van der Waals surface area contributed by atoms with Crippen LogP contribution in [0.25, 0.3) is 11.7 Å². The van der Waals surface area contributed by atoms with Gasteiger partial charge in [0.1, 0.15) is 22.9 Å². The lowest BCUT2D eigenvalue weighted by molar-refractivity contribution is -0.115. The summed E-state index contributed by atoms with van der Waals surface area (Å²) in [6.07, 6.45) is 8.74. The van der Waals surface area contributed by atoms with Crippen molar-refractivity contribution in [2.75, 3.05) is 30.3 Å². The van der Waals surface area contributed by atoms with E-state index >= 15 is 0 Å². The number of nitrogens with zero attached hydrogens (tertiary/aromatic N) is 4. The van der Waals surface area contributed by atoms with Gasteiger partial charge in [0.25, 0.3) is 5.91 Å². The van der Waals surface area contributed by atoms with Crippen molar-refractivity contribution in [2.45, 2.75) is 64.9 Å². The van der Waals surface area contributed by atoms with Gasteiger partial charge in [-0.1, -0.05) is 37.4 Å². The fourth-order valence-corrected chi connectivity index (χ4v) is 5.54. The smallest absolute Gasteiger partial charge is 0.410 e. The molecule has 3 aromatic rings. The van der Waals surface area contributed by atoms with Crippen molar-refractivity contribution in [2.24, 2.45) is 5.92 Å². The van der Waals surface area contributed by atoms with E-state index in [1.165, 1.54) is 0 Å². The zero-order valence-electron chi connectivity index (χ0n) is 25.3. The second kappa shape index (κ2) is 13.5. The van der Waals surface area contributed by atoms with Gasteiger partial charge in [-0.05, 0) is 69.7 Å². The molecule has 4 heterocycles. The predicted octanol–water partition coefficient (Wildman–Crippen LogP) is 5.93. The molecule has 5 rings (SSSR count). The molecule has 44 heavy (non-hydrogen) atoms. The standard InChI is InChI=1S/C31H39ClN8O4/c1-4-5-6-12-31(2,3)44-30(43)39-13-10-20(11-14-39)18-33-26-17-25(35-23-9-7-8-22(32)16-23)37-27-21(19-34-40(26)27)15-24-28(41)38-29(42)36-24/h7-9,15-17,19-20,33H,4-6,10-14,18H2,1-3H3,(H,35,37)(H2,36,38,41,42)/b24-15-. The Morgan fingerprint density at radius 2 is 1.98 bits per heavy atom. The van der Waals surface area contributed by atoms with Gasteiger partial charge in [-0.2, -0.15) is 9.61 Å². The third kappa shape index (κ3) is 7.79. The Morgan fingerprint density at radius 1 is 1.18 bits per heavy atom. The van der Waals surface area contributed by atoms with E-state index in [0.29, 0.717) is 53.4 Å². The van der Waals surface area contributed by atoms with Crippen LogP contribution in [0.1, 0.15) is 64.9 Å². The van der Waals surface area contributed by atoms with E-state index in [0.717, 1.165) is 44.2 Å². The van der Waals surface area contributed by atoms with Crippen LogP contribution >= 0.6 is 11.6 Å². The zero-order valence-corrected chi connectivity index (χ0v) is 26.0. The van der Waals surface area contributed by atoms with Gasteiger partial charge in [0, 0.05) is 42.0 Å². The van der Waals surface area contributed by atoms with Crippen LogP contribution in [-0.4, -0.2) is 62.8 Å². The van der Waals surface area contributed by atoms with Crippen LogP contribution in [0.15, 0.2) is 42.2 Å². The largest absolute Gasteiger partial charge is 0.443 e. The second-order valence-electron chi connectivity index (χ2n) is 11.9. The molecule has 2 aliphatic heterocycles. The Bertz CT molecular complexity index is 1560. The van der Waals surface area contributed by atoms with E-state index in [9.17, 15) is 14.4 Å². The van der Waals surface area contributed by atoms with Crippen molar-refractivity contribution >= 4 is 58.7 Å². The highest BCUT2D eigenvalue weighted by Crippen LogP contribution is 2.27. The molecule has 0 atom stereocenters. The summed E-state index contributed by atoms with van der Waals surface area (Å²) in [4.78, 5) is 43.2. The molecule has 0 bridgehead atoms. The third-order valence-corrected chi connectivity index (χ3v) is 8.04. The molecule has 0 aliphatic carbocycles. The van der Waals surface area contributed by atoms with Crippen molar-refractivity contribution in [3.05, 3.63) is 52.8 Å². The van der Waals surface area contributed by atoms with Crippen molar-refractivity contribution in [1.29, 1.82) is 0 Å². The van der Waals surface area contributed by atoms with Gasteiger partial charge in [-0.25, -0.2) is 14.6 Å². The fraction of sp³-hybridized carbons (Fsp3) is 0.452. The van der Waals surface area contributed by atoms with Crippen LogP contribution in [0.2, 0.25) is 5.02 Å². The molecule has 2 aliphatic rings. The number of imide groups is 1. The molecule has 12 nitrogen and oxygen atoms in total. The molecule has 234 valence electrons. The number of fused-ring (bicyclic) bond motifs is 1. The van der Waals surface area contributed by atoms with Crippen LogP contribution in [0.3, 0.4) is 0 Å². The number of carbonyl (C=O) groups excluding carboxylic acids is 3. The number of hydrogen-bond acceptors (Lipinski definition) is 8. The highest BCUT2D eigenvalue weighted by Gasteiger charge is 2.29. The normalized spacial score (nSPS) is 16.7. The van der Waals surface area contributed by atoms with Gasteiger partial charge in [-0.15, -0.1) is 0 Å². The molecule has 1 aromatic carbocycles. The summed E-state index contributed by atoms with van der Waals surface area (Å²) in [5.41, 5.74) is 1.44. The maximum absolute atomic E-state index is 12.9. The summed E-state index contributed by atoms with van der Waals surface area (Å²) >= 11 is 6.19. The van der Waals surface area contributed by atoms with Gasteiger partial charge in [0.2, 0.25) is 0 Å². The minimum absolute atomic E-state index is 0.115. The van der Waals surface area contributed by atoms with E-state index in [-0.39, 0.29) is 11.8 Å². The number of piperidine rings is 1. The summed E-state index contributed by atoms with van der Waals surface area (Å²) < 4.78 is 7.52. The van der Waals surface area contributed by atoms with Gasteiger partial charge in [0.05, 0.1) is 6.20 Å². The number of amides is 4. The number of carbonyl (C=O) groups is 3. The van der Waals surface area contributed by atoms with Gasteiger partial charge in [0.15, 0.2) is 5.65 Å². The average molecular weight is 623 g/mol. The van der Waals surface area contributed by atoms with Crippen LogP contribution in [0.4, 0.5) is 26.9 Å². The molecule has 0 spiro atoms. The van der Waals surface area contributed by atoms with Gasteiger partial charge in [-0.3, -0.25) is 10.1 Å². The highest BCUT2D eigenvalue weighted by atomic mass is 35.5. The average Bonchev–Trinajstić information content (AvgIpc) is 3.53. The number of hydrogen-bond donors (Lipinski definition) is 4. The van der Waals surface area contributed by atoms with Crippen LogP contribution in [0, 0.1) is 5.92 Å². The summed E-state index contributed by atoms with van der Waals surface area (Å²) in [6.45, 7) is 8.07. The summed E-state index contributed by atoms with van der Waals surface area (Å²) in [6, 6.07) is 8.59. The number of nitrogens with one attached hydrogen (secondary N) is 4. The minimum atomic E-state index is -0.577. The number of aromatic nitrogens is 3. The molecule has 13 heteroatoms. The van der Waals surface area contributed by atoms with Crippen LogP contribution < -0.4 is 21.3 Å². The second-order valence-corrected chi connectivity index (χ2v) is 12.3. The number of ether oxygens (including phenoxy) is 1. The molecule has 4 amide bonds. The summed E-state index contributed by atoms with van der Waals surface area (Å²) in [7, 11) is 0. The quantitative estimate of drug-likeness (QED) is 0.117. The van der Waals surface area contributed by atoms with Crippen molar-refractivity contribution in [1.82, 2.24) is 30.1 Å². The van der Waals surface area contributed by atoms with Crippen LogP contribution in [-0.2, 0) is 9.53 Å². The number of unbranched alkanes of at least 4 members (excludes halogenated alkanes) is 2. The molecule has 4 N–H and O–H groups in total. The molecule has 0 saturated carbocycles. The van der Waals surface area contributed by atoms with Gasteiger partial charge < -0.3 is 25.6 Å². The maximum atomic E-state index is 12.9. The first-order valence-electron chi connectivity index (χ1n) is 15.1. The number of rotatable bonds is 11. The number of likely N-dealkylation sites (tertiary alicyclic amines) is 1. The Morgan fingerprint density at radius 3 is 2.68 bits per heavy atom. The molecule has 0 radical (unpaired) electrons. The van der Waals surface area contributed by atoms with Gasteiger partial charge >= 0.3 is 12.1 Å². The van der Waals surface area contributed by atoms with E-state index in [2.05, 4.69) is 33.3 Å². The molecule has 2 aromatic heterocycles. The SMILES string of the molecule is CCCCCC(C)(C)OC(=O)N1CCC(CNc2cc(Nc3cccc(Cl)c3)nc3c(/C=C4\NC(=O)NC4=O)cnn23)CC1. The Balaban J connectivity index is 1.28. The van der Waals surface area contributed by atoms with Crippen molar-refractivity contribution in [3.63, 3.8) is 0 Å². The van der Waals surface area contributed by atoms with Crippen LogP contribution in [0.5, 0.6) is 0 Å². The van der Waals surface area contributed by atoms with Crippen molar-refractivity contribution in [3.8, 4) is 0 Å². The number of urea groups is 1. The Kier molecular flexibility index (Phi) is 9.58. The first-order chi connectivity index (χ1) is 21.1. The zero-order chi connectivity index (χ0) is 31.3. The first kappa shape index (κ1) is 31.1. The van der Waals surface area contributed by atoms with Crippen molar-refractivity contribution < 1.29 is 19.1 Å². The number of anilines is 3. The lowest BCUT2D eigenvalue weighted by Gasteiger charge is -2.34. The maximum Gasteiger partial charge on any atom is 0.410 e. The van der Waals surface area contributed by atoms with E-state index in [1.54, 1.807) is 33.8 Å². The number of halogens is 1. The molecule has 2 fully saturated rings. The summed E-state index contributed by atoms with van der Waals surface area (Å²) in [5.74, 6) is 1.05. The Hall–Kier alpha value is -4.32. The lowest BCUT2D eigenvalue weighted by Crippen LogP contribution is -2.43. The lowest BCUT2D eigenvalue weighted by atomic mass is 9.97. The molecule has 0 unspecified atom stereocenters. The summed E-state index contributed by atoms with van der Waals surface area (Å²) in [5, 5.41) is 16.6. The minimum Gasteiger partial charge on any atom is -0.443 e. The topological polar surface area (TPSA) is 142 Å². The first-order valence-corrected chi connectivity index (χ1v) is 15.4. The highest BCUT2D eigenvalue weighted by molar-refractivity contribution is 6.30. The third-order valence-electron chi connectivity index (χ3n) is 7.81. The predicted molar refractivity (Wildman–Crippen MR) is 170 cm³/mol. The Labute approximate surface area is 261 Å². The molecular formula is C31H39ClN8O4. The van der Waals surface area contributed by atoms with E-state index in [1.807, 2.05) is 32.0 Å². The fourth-order valence-electron chi connectivity index (χ4n) is 5.34. The number of benzene rings is 1. The molecule has 2 saturated heterocycles. The molecular weight excluding hydrogens is 584 g/mol. The van der Waals surface area contributed by atoms with E-state index < -0.39 is 17.5 Å².